The Morgan fingerprint density at radius 1 is 1.33 bits per heavy atom. The van der Waals surface area contributed by atoms with Crippen molar-refractivity contribution in [2.75, 3.05) is 19.6 Å². The van der Waals surface area contributed by atoms with Gasteiger partial charge in [0.05, 0.1) is 5.92 Å². The molecular formula is C14H16Cl2N2O3. The van der Waals surface area contributed by atoms with Crippen molar-refractivity contribution in [3.05, 3.63) is 33.8 Å². The fourth-order valence-corrected chi connectivity index (χ4v) is 2.73. The molecule has 1 aliphatic rings. The molecule has 7 heteroatoms. The van der Waals surface area contributed by atoms with Crippen LogP contribution in [-0.2, 0) is 9.59 Å². The number of carbonyl (C=O) groups excluding carboxylic acids is 2. The number of carbonyl (C=O) groups is 2. The molecule has 1 aromatic carbocycles. The van der Waals surface area contributed by atoms with Gasteiger partial charge in [-0.05, 0) is 30.7 Å². The highest BCUT2D eigenvalue weighted by atomic mass is 35.5. The normalized spacial score (nSPS) is 16.3. The summed E-state index contributed by atoms with van der Waals surface area (Å²) in [4.78, 5) is 25.2. The van der Waals surface area contributed by atoms with Crippen LogP contribution in [0.3, 0.4) is 0 Å². The third kappa shape index (κ3) is 3.67. The van der Waals surface area contributed by atoms with E-state index in [-0.39, 0.29) is 11.8 Å². The van der Waals surface area contributed by atoms with E-state index in [1.165, 1.54) is 23.1 Å². The van der Waals surface area contributed by atoms with E-state index in [1.54, 1.807) is 0 Å². The standard InChI is InChI=1S/C14H16Cl2N2O3/c1-2-17-13(20)9-6-18(7-9)14(21)12(19)8-3-10(15)5-11(16)4-8/h3-5,9,12,19H,2,6-7H2,1H3,(H,17,20). The molecule has 1 saturated heterocycles. The summed E-state index contributed by atoms with van der Waals surface area (Å²) in [7, 11) is 0. The van der Waals surface area contributed by atoms with E-state index in [4.69, 9.17) is 23.2 Å². The topological polar surface area (TPSA) is 69.6 Å². The van der Waals surface area contributed by atoms with Crippen LogP contribution in [0.25, 0.3) is 0 Å². The summed E-state index contributed by atoms with van der Waals surface area (Å²) < 4.78 is 0. The highest BCUT2D eigenvalue weighted by Gasteiger charge is 2.38. The number of amides is 2. The van der Waals surface area contributed by atoms with Crippen LogP contribution in [0.5, 0.6) is 0 Å². The molecule has 1 unspecified atom stereocenters. The van der Waals surface area contributed by atoms with Crippen molar-refractivity contribution < 1.29 is 14.7 Å². The molecule has 0 bridgehead atoms. The molecular weight excluding hydrogens is 315 g/mol. The van der Waals surface area contributed by atoms with Crippen molar-refractivity contribution in [2.24, 2.45) is 5.92 Å². The Labute approximate surface area is 132 Å². The van der Waals surface area contributed by atoms with Crippen LogP contribution in [0.15, 0.2) is 18.2 Å². The summed E-state index contributed by atoms with van der Waals surface area (Å²) >= 11 is 11.7. The number of likely N-dealkylation sites (tertiary alicyclic amines) is 1. The van der Waals surface area contributed by atoms with Crippen molar-refractivity contribution in [1.29, 1.82) is 0 Å². The first-order valence-corrected chi connectivity index (χ1v) is 7.38. The number of benzene rings is 1. The average molecular weight is 331 g/mol. The van der Waals surface area contributed by atoms with E-state index >= 15 is 0 Å². The number of halogens is 2. The minimum absolute atomic E-state index is 0.0677. The molecule has 1 atom stereocenters. The van der Waals surface area contributed by atoms with Crippen molar-refractivity contribution in [2.45, 2.75) is 13.0 Å². The zero-order valence-corrected chi connectivity index (χ0v) is 13.0. The Morgan fingerprint density at radius 2 is 1.90 bits per heavy atom. The molecule has 0 radical (unpaired) electrons. The Balaban J connectivity index is 1.97. The van der Waals surface area contributed by atoms with Gasteiger partial charge >= 0.3 is 0 Å². The van der Waals surface area contributed by atoms with Crippen molar-refractivity contribution >= 4 is 35.0 Å². The lowest BCUT2D eigenvalue weighted by Crippen LogP contribution is -2.56. The number of rotatable bonds is 4. The lowest BCUT2D eigenvalue weighted by Gasteiger charge is -2.39. The molecule has 2 N–H and O–H groups in total. The van der Waals surface area contributed by atoms with Crippen LogP contribution in [-0.4, -0.2) is 41.5 Å². The van der Waals surface area contributed by atoms with Crippen LogP contribution in [0.1, 0.15) is 18.6 Å². The molecule has 5 nitrogen and oxygen atoms in total. The fraction of sp³-hybridized carbons (Fsp3) is 0.429. The maximum Gasteiger partial charge on any atom is 0.256 e. The number of hydrogen-bond donors (Lipinski definition) is 2. The van der Waals surface area contributed by atoms with Gasteiger partial charge in [-0.1, -0.05) is 23.2 Å². The van der Waals surface area contributed by atoms with Gasteiger partial charge in [-0.2, -0.15) is 0 Å². The molecule has 1 heterocycles. The minimum Gasteiger partial charge on any atom is -0.378 e. The molecule has 1 aliphatic heterocycles. The summed E-state index contributed by atoms with van der Waals surface area (Å²) in [6.45, 7) is 3.03. The van der Waals surface area contributed by atoms with Crippen LogP contribution >= 0.6 is 23.2 Å². The minimum atomic E-state index is -1.32. The molecule has 0 aromatic heterocycles. The van der Waals surface area contributed by atoms with Gasteiger partial charge in [-0.15, -0.1) is 0 Å². The molecule has 1 aromatic rings. The number of aliphatic hydroxyl groups is 1. The number of hydrogen-bond acceptors (Lipinski definition) is 3. The van der Waals surface area contributed by atoms with Crippen molar-refractivity contribution in [1.82, 2.24) is 10.2 Å². The third-order valence-electron chi connectivity index (χ3n) is 3.35. The number of nitrogens with zero attached hydrogens (tertiary/aromatic N) is 1. The second kappa shape index (κ2) is 6.64. The first kappa shape index (κ1) is 16.1. The van der Waals surface area contributed by atoms with Gasteiger partial charge in [0.1, 0.15) is 0 Å². The second-order valence-corrected chi connectivity index (χ2v) is 5.81. The summed E-state index contributed by atoms with van der Waals surface area (Å²) in [5.41, 5.74) is 0.346. The molecule has 0 saturated carbocycles. The summed E-state index contributed by atoms with van der Waals surface area (Å²) in [5.74, 6) is -0.722. The Bertz CT molecular complexity index is 539. The van der Waals surface area contributed by atoms with Gasteiger partial charge in [0.15, 0.2) is 6.10 Å². The molecule has 2 rings (SSSR count). The van der Waals surface area contributed by atoms with E-state index in [0.29, 0.717) is 35.2 Å². The Kier molecular flexibility index (Phi) is 5.08. The van der Waals surface area contributed by atoms with Gasteiger partial charge in [-0.3, -0.25) is 9.59 Å². The predicted octanol–water partition coefficient (Wildman–Crippen LogP) is 1.62. The monoisotopic (exact) mass is 330 g/mol. The van der Waals surface area contributed by atoms with Crippen LogP contribution in [0.2, 0.25) is 10.0 Å². The smallest absolute Gasteiger partial charge is 0.256 e. The molecule has 21 heavy (non-hydrogen) atoms. The Morgan fingerprint density at radius 3 is 2.43 bits per heavy atom. The van der Waals surface area contributed by atoms with Gasteiger partial charge < -0.3 is 15.3 Å². The van der Waals surface area contributed by atoms with Crippen molar-refractivity contribution in [3.8, 4) is 0 Å². The van der Waals surface area contributed by atoms with Gasteiger partial charge in [0.2, 0.25) is 5.91 Å². The van der Waals surface area contributed by atoms with Crippen molar-refractivity contribution in [3.63, 3.8) is 0 Å². The highest BCUT2D eigenvalue weighted by molar-refractivity contribution is 6.34. The first-order chi connectivity index (χ1) is 9.92. The quantitative estimate of drug-likeness (QED) is 0.881. The second-order valence-electron chi connectivity index (χ2n) is 4.94. The zero-order chi connectivity index (χ0) is 15.6. The molecule has 0 spiro atoms. The SMILES string of the molecule is CCNC(=O)C1CN(C(=O)C(O)c2cc(Cl)cc(Cl)c2)C1. The summed E-state index contributed by atoms with van der Waals surface area (Å²) in [6.07, 6.45) is -1.32. The fourth-order valence-electron chi connectivity index (χ4n) is 2.19. The Hall–Kier alpha value is -1.30. The van der Waals surface area contributed by atoms with E-state index in [1.807, 2.05) is 6.92 Å². The highest BCUT2D eigenvalue weighted by Crippen LogP contribution is 2.27. The molecule has 1 fully saturated rings. The molecule has 0 aliphatic carbocycles. The lowest BCUT2D eigenvalue weighted by molar-refractivity contribution is -0.150. The van der Waals surface area contributed by atoms with Gasteiger partial charge in [-0.25, -0.2) is 0 Å². The average Bonchev–Trinajstić information content (AvgIpc) is 2.35. The van der Waals surface area contributed by atoms with E-state index < -0.39 is 12.0 Å². The maximum absolute atomic E-state index is 12.1. The van der Waals surface area contributed by atoms with E-state index in [9.17, 15) is 14.7 Å². The first-order valence-electron chi connectivity index (χ1n) is 6.63. The summed E-state index contributed by atoms with van der Waals surface area (Å²) in [6, 6.07) is 4.52. The van der Waals surface area contributed by atoms with Gasteiger partial charge in [0.25, 0.3) is 5.91 Å². The van der Waals surface area contributed by atoms with E-state index in [0.717, 1.165) is 0 Å². The zero-order valence-electron chi connectivity index (χ0n) is 11.5. The largest absolute Gasteiger partial charge is 0.378 e. The predicted molar refractivity (Wildman–Crippen MR) is 80.2 cm³/mol. The maximum atomic E-state index is 12.1. The number of nitrogens with one attached hydrogen (secondary N) is 1. The lowest BCUT2D eigenvalue weighted by atomic mass is 9.97. The van der Waals surface area contributed by atoms with Crippen LogP contribution in [0.4, 0.5) is 0 Å². The number of aliphatic hydroxyl groups excluding tert-OH is 1. The van der Waals surface area contributed by atoms with E-state index in [2.05, 4.69) is 5.32 Å². The van der Waals surface area contributed by atoms with Crippen LogP contribution in [0, 0.1) is 5.92 Å². The third-order valence-corrected chi connectivity index (χ3v) is 3.79. The van der Waals surface area contributed by atoms with Crippen LogP contribution < -0.4 is 5.32 Å². The molecule has 114 valence electrons. The van der Waals surface area contributed by atoms with Gasteiger partial charge in [0, 0.05) is 29.7 Å². The summed E-state index contributed by atoms with van der Waals surface area (Å²) in [5, 5.41) is 13.5. The molecule has 2 amide bonds.